The maximum Gasteiger partial charge on any atom is 0.251 e. The number of fused-ring (bicyclic) bond motifs is 1. The Bertz CT molecular complexity index is 886. The van der Waals surface area contributed by atoms with Crippen LogP contribution in [0.25, 0.3) is 6.08 Å². The lowest BCUT2D eigenvalue weighted by Crippen LogP contribution is -2.56. The van der Waals surface area contributed by atoms with E-state index in [1.807, 2.05) is 61.5 Å². The van der Waals surface area contributed by atoms with Crippen molar-refractivity contribution in [1.29, 1.82) is 0 Å². The second-order valence-electron chi connectivity index (χ2n) is 6.64. The monoisotopic (exact) mass is 348 g/mol. The summed E-state index contributed by atoms with van der Waals surface area (Å²) in [6.07, 6.45) is 2.45. The van der Waals surface area contributed by atoms with Gasteiger partial charge >= 0.3 is 0 Å². The van der Waals surface area contributed by atoms with Crippen LogP contribution in [0.1, 0.15) is 17.5 Å². The van der Waals surface area contributed by atoms with Crippen LogP contribution in [-0.2, 0) is 9.59 Å². The maximum absolute atomic E-state index is 13.0. The number of nitrogens with zero attached hydrogens (tertiary/aromatic N) is 1. The number of aryl methyl sites for hydroxylation is 1. The van der Waals surface area contributed by atoms with Crippen molar-refractivity contribution in [1.82, 2.24) is 4.90 Å². The smallest absolute Gasteiger partial charge is 0.251 e. The minimum Gasteiger partial charge on any atom is -0.489 e. The summed E-state index contributed by atoms with van der Waals surface area (Å²) in [5.41, 5.74) is 3.56. The van der Waals surface area contributed by atoms with Gasteiger partial charge in [-0.25, -0.2) is 0 Å². The third-order valence-corrected chi connectivity index (χ3v) is 4.77. The van der Waals surface area contributed by atoms with Crippen LogP contribution in [-0.4, -0.2) is 35.9 Å². The Morgan fingerprint density at radius 1 is 1.15 bits per heavy atom. The quantitative estimate of drug-likeness (QED) is 0.864. The van der Waals surface area contributed by atoms with Gasteiger partial charge in [0.2, 0.25) is 5.91 Å². The second kappa shape index (κ2) is 6.67. The van der Waals surface area contributed by atoms with Crippen LogP contribution >= 0.6 is 0 Å². The first-order valence-corrected chi connectivity index (χ1v) is 8.71. The molecule has 0 saturated carbocycles. The van der Waals surface area contributed by atoms with Gasteiger partial charge in [0, 0.05) is 24.2 Å². The minimum absolute atomic E-state index is 0.00573. The van der Waals surface area contributed by atoms with Crippen molar-refractivity contribution in [2.45, 2.75) is 19.4 Å². The first-order chi connectivity index (χ1) is 12.6. The van der Waals surface area contributed by atoms with E-state index in [4.69, 9.17) is 4.74 Å². The highest BCUT2D eigenvalue weighted by Gasteiger charge is 2.38. The van der Waals surface area contributed by atoms with Crippen LogP contribution in [0, 0.1) is 6.92 Å². The average Bonchev–Trinajstić information content (AvgIpc) is 2.66. The first kappa shape index (κ1) is 16.4. The summed E-state index contributed by atoms with van der Waals surface area (Å²) in [5.74, 6) is 0.578. The fraction of sp³-hybridized carbons (Fsp3) is 0.238. The Morgan fingerprint density at radius 3 is 2.62 bits per heavy atom. The molecular weight excluding hydrogens is 328 g/mol. The van der Waals surface area contributed by atoms with E-state index in [1.54, 1.807) is 4.90 Å². The number of anilines is 1. The van der Waals surface area contributed by atoms with Crippen LogP contribution in [0.5, 0.6) is 5.75 Å². The predicted molar refractivity (Wildman–Crippen MR) is 99.8 cm³/mol. The van der Waals surface area contributed by atoms with Crippen molar-refractivity contribution in [2.24, 2.45) is 0 Å². The number of ether oxygens (including phenoxy) is 1. The Hall–Kier alpha value is -3.08. The molecule has 2 aliphatic rings. The van der Waals surface area contributed by atoms with Gasteiger partial charge in [-0.3, -0.25) is 9.59 Å². The molecule has 2 aromatic carbocycles. The second-order valence-corrected chi connectivity index (χ2v) is 6.64. The number of β-lactam (4-membered cyclic amide) rings is 1. The SMILES string of the molecule is Cc1ccc(NC(=O)[C@H](C2=Cc3ccccc3OC2)N2CCC2=O)cc1. The van der Waals surface area contributed by atoms with E-state index in [9.17, 15) is 9.59 Å². The van der Waals surface area contributed by atoms with E-state index in [-0.39, 0.29) is 11.8 Å². The number of hydrogen-bond acceptors (Lipinski definition) is 3. The number of carbonyl (C=O) groups is 2. The molecule has 1 saturated heterocycles. The van der Waals surface area contributed by atoms with Gasteiger partial charge in [-0.15, -0.1) is 0 Å². The highest BCUT2D eigenvalue weighted by Crippen LogP contribution is 2.30. The zero-order chi connectivity index (χ0) is 18.1. The number of nitrogens with one attached hydrogen (secondary N) is 1. The summed E-state index contributed by atoms with van der Waals surface area (Å²) in [6, 6.07) is 14.7. The minimum atomic E-state index is -0.647. The van der Waals surface area contributed by atoms with Crippen molar-refractivity contribution in [3.63, 3.8) is 0 Å². The molecule has 2 aromatic rings. The van der Waals surface area contributed by atoms with Crippen LogP contribution in [0.3, 0.4) is 0 Å². The van der Waals surface area contributed by atoms with Gasteiger partial charge in [-0.2, -0.15) is 0 Å². The van der Waals surface area contributed by atoms with Gasteiger partial charge in [0.1, 0.15) is 18.4 Å². The maximum atomic E-state index is 13.0. The molecule has 0 radical (unpaired) electrons. The molecule has 2 amide bonds. The molecule has 0 aliphatic carbocycles. The molecule has 1 fully saturated rings. The summed E-state index contributed by atoms with van der Waals surface area (Å²) in [6.45, 7) is 2.88. The Kier molecular flexibility index (Phi) is 4.21. The predicted octanol–water partition coefficient (Wildman–Crippen LogP) is 3.01. The number of rotatable bonds is 4. The third kappa shape index (κ3) is 3.08. The van der Waals surface area contributed by atoms with Gasteiger partial charge in [-0.1, -0.05) is 35.9 Å². The molecule has 1 atom stereocenters. The Labute approximate surface area is 152 Å². The summed E-state index contributed by atoms with van der Waals surface area (Å²) < 4.78 is 5.80. The molecule has 26 heavy (non-hydrogen) atoms. The molecule has 0 unspecified atom stereocenters. The van der Waals surface area contributed by atoms with Crippen molar-refractivity contribution in [3.05, 3.63) is 65.2 Å². The fourth-order valence-corrected chi connectivity index (χ4v) is 3.25. The number of carbonyl (C=O) groups excluding carboxylic acids is 2. The lowest BCUT2D eigenvalue weighted by molar-refractivity contribution is -0.145. The lowest BCUT2D eigenvalue weighted by Gasteiger charge is -2.39. The molecule has 0 aromatic heterocycles. The standard InChI is InChI=1S/C21H20N2O3/c1-14-6-8-17(9-7-14)22-21(25)20(23-11-10-19(23)24)16-12-15-4-2-3-5-18(15)26-13-16/h2-9,12,20H,10-11,13H2,1H3,(H,22,25)/t20-/m0/s1. The van der Waals surface area contributed by atoms with Crippen LogP contribution in [0.15, 0.2) is 54.1 Å². The molecule has 4 rings (SSSR count). The molecule has 2 aliphatic heterocycles. The van der Waals surface area contributed by atoms with Crippen molar-refractivity contribution in [3.8, 4) is 5.75 Å². The Balaban J connectivity index is 1.63. The molecule has 1 N–H and O–H groups in total. The molecule has 132 valence electrons. The highest BCUT2D eigenvalue weighted by atomic mass is 16.5. The summed E-state index contributed by atoms with van der Waals surface area (Å²) in [7, 11) is 0. The number of hydrogen-bond donors (Lipinski definition) is 1. The number of para-hydroxylation sites is 1. The number of likely N-dealkylation sites (tertiary alicyclic amines) is 1. The van der Waals surface area contributed by atoms with E-state index in [2.05, 4.69) is 5.32 Å². The van der Waals surface area contributed by atoms with Crippen molar-refractivity contribution >= 4 is 23.6 Å². The molecule has 5 heteroatoms. The third-order valence-electron chi connectivity index (χ3n) is 4.77. The van der Waals surface area contributed by atoms with E-state index < -0.39 is 6.04 Å². The molecule has 2 heterocycles. The van der Waals surface area contributed by atoms with E-state index in [0.717, 1.165) is 28.1 Å². The largest absolute Gasteiger partial charge is 0.489 e. The molecular formula is C21H20N2O3. The summed E-state index contributed by atoms with van der Waals surface area (Å²) in [4.78, 5) is 26.6. The van der Waals surface area contributed by atoms with E-state index in [0.29, 0.717) is 19.6 Å². The highest BCUT2D eigenvalue weighted by molar-refractivity contribution is 6.01. The Morgan fingerprint density at radius 2 is 1.92 bits per heavy atom. The molecule has 0 spiro atoms. The van der Waals surface area contributed by atoms with Gasteiger partial charge in [0.15, 0.2) is 0 Å². The zero-order valence-corrected chi connectivity index (χ0v) is 14.6. The normalized spacial score (nSPS) is 16.7. The topological polar surface area (TPSA) is 58.6 Å². The average molecular weight is 348 g/mol. The van der Waals surface area contributed by atoms with Crippen molar-refractivity contribution < 1.29 is 14.3 Å². The zero-order valence-electron chi connectivity index (χ0n) is 14.6. The number of benzene rings is 2. The number of amides is 2. The summed E-state index contributed by atoms with van der Waals surface area (Å²) in [5, 5.41) is 2.93. The van der Waals surface area contributed by atoms with Crippen LogP contribution in [0.2, 0.25) is 0 Å². The molecule has 5 nitrogen and oxygen atoms in total. The van der Waals surface area contributed by atoms with Gasteiger partial charge < -0.3 is 15.0 Å². The van der Waals surface area contributed by atoms with Crippen LogP contribution < -0.4 is 10.1 Å². The van der Waals surface area contributed by atoms with Gasteiger partial charge in [-0.05, 0) is 36.8 Å². The van der Waals surface area contributed by atoms with Gasteiger partial charge in [0.05, 0.1) is 0 Å². The summed E-state index contributed by atoms with van der Waals surface area (Å²) >= 11 is 0. The first-order valence-electron chi connectivity index (χ1n) is 8.71. The van der Waals surface area contributed by atoms with Gasteiger partial charge in [0.25, 0.3) is 5.91 Å². The van der Waals surface area contributed by atoms with Crippen LogP contribution in [0.4, 0.5) is 5.69 Å². The lowest BCUT2D eigenvalue weighted by atomic mass is 9.96. The van der Waals surface area contributed by atoms with E-state index >= 15 is 0 Å². The fourth-order valence-electron chi connectivity index (χ4n) is 3.25. The van der Waals surface area contributed by atoms with Crippen molar-refractivity contribution in [2.75, 3.05) is 18.5 Å². The van der Waals surface area contributed by atoms with E-state index in [1.165, 1.54) is 0 Å². The molecule has 0 bridgehead atoms.